The van der Waals surface area contributed by atoms with Crippen LogP contribution in [0.4, 0.5) is 0 Å². The van der Waals surface area contributed by atoms with Crippen LogP contribution in [0, 0.1) is 12.3 Å². The summed E-state index contributed by atoms with van der Waals surface area (Å²) in [7, 11) is 0. The number of aryl methyl sites for hydroxylation is 1. The Balaban J connectivity index is 2.25. The van der Waals surface area contributed by atoms with E-state index in [1.54, 1.807) is 0 Å². The largest absolute Gasteiger partial charge is 0.388 e. The van der Waals surface area contributed by atoms with Crippen molar-refractivity contribution < 1.29 is 5.11 Å². The van der Waals surface area contributed by atoms with E-state index in [2.05, 4.69) is 0 Å². The number of aromatic nitrogens is 1. The number of hydrogen-bond acceptors (Lipinski definition) is 2. The van der Waals surface area contributed by atoms with Gasteiger partial charge in [0.15, 0.2) is 0 Å². The number of pyridine rings is 1. The predicted octanol–water partition coefficient (Wildman–Crippen LogP) is 1.19. The van der Waals surface area contributed by atoms with E-state index in [1.807, 2.05) is 29.8 Å². The molecule has 0 unspecified atom stereocenters. The molecule has 0 radical (unpaired) electrons. The van der Waals surface area contributed by atoms with Crippen LogP contribution >= 0.6 is 0 Å². The van der Waals surface area contributed by atoms with Crippen LogP contribution in [0.1, 0.15) is 24.8 Å². The van der Waals surface area contributed by atoms with Crippen LogP contribution in [-0.2, 0) is 6.54 Å². The molecule has 1 aromatic heterocycles. The minimum absolute atomic E-state index is 0.507. The third-order valence-electron chi connectivity index (χ3n) is 3.02. The molecule has 14 heavy (non-hydrogen) atoms. The first-order valence-corrected chi connectivity index (χ1v) is 5.04. The number of aliphatic hydroxyl groups is 1. The van der Waals surface area contributed by atoms with E-state index < -0.39 is 5.60 Å². The average molecular weight is 192 g/mol. The lowest BCUT2D eigenvalue weighted by atomic mass is 9.80. The van der Waals surface area contributed by atoms with Crippen LogP contribution in [0.5, 0.6) is 0 Å². The summed E-state index contributed by atoms with van der Waals surface area (Å²) >= 11 is 0. The monoisotopic (exact) mass is 192 g/mol. The summed E-state index contributed by atoms with van der Waals surface area (Å²) in [6, 6.07) is 3.85. The maximum Gasteiger partial charge on any atom is 0.127 e. The maximum absolute atomic E-state index is 9.97. The lowest BCUT2D eigenvalue weighted by Crippen LogP contribution is -2.43. The fourth-order valence-electron chi connectivity index (χ4n) is 1.86. The highest BCUT2D eigenvalue weighted by Gasteiger charge is 2.34. The van der Waals surface area contributed by atoms with Crippen molar-refractivity contribution in [3.8, 4) is 0 Å². The van der Waals surface area contributed by atoms with E-state index in [0.29, 0.717) is 12.0 Å². The Morgan fingerprint density at radius 2 is 2.29 bits per heavy atom. The minimum atomic E-state index is -0.547. The van der Waals surface area contributed by atoms with Crippen LogP contribution in [0.2, 0.25) is 0 Å². The van der Waals surface area contributed by atoms with Crippen molar-refractivity contribution in [2.45, 2.75) is 38.3 Å². The second-order valence-corrected chi connectivity index (χ2v) is 4.25. The van der Waals surface area contributed by atoms with E-state index in [4.69, 9.17) is 5.41 Å². The topological polar surface area (TPSA) is 49.0 Å². The van der Waals surface area contributed by atoms with Crippen LogP contribution < -0.4 is 5.49 Å². The molecule has 2 rings (SSSR count). The van der Waals surface area contributed by atoms with E-state index in [0.717, 1.165) is 24.8 Å². The molecule has 3 heteroatoms. The van der Waals surface area contributed by atoms with Crippen molar-refractivity contribution >= 4 is 0 Å². The number of nitrogens with zero attached hydrogens (tertiary/aromatic N) is 1. The summed E-state index contributed by atoms with van der Waals surface area (Å²) in [4.78, 5) is 0. The Morgan fingerprint density at radius 3 is 2.86 bits per heavy atom. The molecule has 0 amide bonds. The zero-order valence-electron chi connectivity index (χ0n) is 8.45. The summed E-state index contributed by atoms with van der Waals surface area (Å²) in [5.74, 6) is 0. The predicted molar refractivity (Wildman–Crippen MR) is 53.8 cm³/mol. The number of nitrogens with one attached hydrogen (secondary N) is 1. The van der Waals surface area contributed by atoms with Crippen LogP contribution in [0.25, 0.3) is 0 Å². The Morgan fingerprint density at radius 1 is 1.57 bits per heavy atom. The van der Waals surface area contributed by atoms with Gasteiger partial charge in [-0.25, -0.2) is 0 Å². The first kappa shape index (κ1) is 9.46. The van der Waals surface area contributed by atoms with Crippen LogP contribution in [0.15, 0.2) is 18.3 Å². The molecular formula is C11H16N2O. The van der Waals surface area contributed by atoms with Crippen molar-refractivity contribution in [3.05, 3.63) is 29.4 Å². The Bertz CT molecular complexity index is 391. The minimum Gasteiger partial charge on any atom is -0.388 e. The van der Waals surface area contributed by atoms with Gasteiger partial charge in [0.25, 0.3) is 0 Å². The first-order valence-electron chi connectivity index (χ1n) is 5.04. The summed E-state index contributed by atoms with van der Waals surface area (Å²) in [6.07, 6.45) is 4.71. The third-order valence-corrected chi connectivity index (χ3v) is 3.02. The van der Waals surface area contributed by atoms with Gasteiger partial charge in [-0.05, 0) is 37.8 Å². The lowest BCUT2D eigenvalue weighted by molar-refractivity contribution is -0.0482. The van der Waals surface area contributed by atoms with Crippen molar-refractivity contribution in [1.29, 1.82) is 5.41 Å². The van der Waals surface area contributed by atoms with E-state index >= 15 is 0 Å². The Labute approximate surface area is 83.5 Å². The summed E-state index contributed by atoms with van der Waals surface area (Å²) in [5, 5.41) is 17.8. The molecule has 3 nitrogen and oxygen atoms in total. The zero-order chi connectivity index (χ0) is 10.2. The first-order chi connectivity index (χ1) is 6.61. The van der Waals surface area contributed by atoms with Crippen molar-refractivity contribution in [1.82, 2.24) is 4.57 Å². The highest BCUT2D eigenvalue weighted by atomic mass is 16.3. The SMILES string of the molecule is Cc1cccn(CC2(O)CCC2)c1=N. The van der Waals surface area contributed by atoms with E-state index in [-0.39, 0.29) is 0 Å². The molecule has 0 atom stereocenters. The second kappa shape index (κ2) is 3.24. The van der Waals surface area contributed by atoms with Gasteiger partial charge in [0.05, 0.1) is 12.1 Å². The summed E-state index contributed by atoms with van der Waals surface area (Å²) in [6.45, 7) is 2.48. The van der Waals surface area contributed by atoms with Crippen LogP contribution in [0.3, 0.4) is 0 Å². The average Bonchev–Trinajstić information content (AvgIpc) is 2.10. The molecule has 76 valence electrons. The highest BCUT2D eigenvalue weighted by Crippen LogP contribution is 2.32. The molecule has 1 saturated carbocycles. The van der Waals surface area contributed by atoms with Gasteiger partial charge in [-0.15, -0.1) is 0 Å². The molecule has 2 N–H and O–H groups in total. The van der Waals surface area contributed by atoms with Gasteiger partial charge in [0.1, 0.15) is 5.49 Å². The third kappa shape index (κ3) is 1.60. The zero-order valence-corrected chi connectivity index (χ0v) is 8.45. The molecule has 0 spiro atoms. The molecule has 1 aromatic rings. The lowest BCUT2D eigenvalue weighted by Gasteiger charge is -2.37. The molecule has 1 aliphatic carbocycles. The number of hydrogen-bond donors (Lipinski definition) is 2. The summed E-state index contributed by atoms with van der Waals surface area (Å²) in [5.41, 5.74) is 0.914. The van der Waals surface area contributed by atoms with Gasteiger partial charge in [-0.1, -0.05) is 6.07 Å². The molecule has 1 aliphatic rings. The van der Waals surface area contributed by atoms with Crippen molar-refractivity contribution in [2.75, 3.05) is 0 Å². The molecule has 0 bridgehead atoms. The van der Waals surface area contributed by atoms with Crippen molar-refractivity contribution in [2.24, 2.45) is 0 Å². The van der Waals surface area contributed by atoms with E-state index in [1.165, 1.54) is 0 Å². The van der Waals surface area contributed by atoms with E-state index in [9.17, 15) is 5.11 Å². The molecule has 0 aliphatic heterocycles. The van der Waals surface area contributed by atoms with Gasteiger partial charge in [-0.3, -0.25) is 5.41 Å². The standard InChI is InChI=1S/C11H16N2O/c1-9-4-2-7-13(10(9)12)8-11(14)5-3-6-11/h2,4,7,12,14H,3,5-6,8H2,1H3. The summed E-state index contributed by atoms with van der Waals surface area (Å²) < 4.78 is 1.83. The fraction of sp³-hybridized carbons (Fsp3) is 0.545. The molecular weight excluding hydrogens is 176 g/mol. The van der Waals surface area contributed by atoms with Crippen molar-refractivity contribution in [3.63, 3.8) is 0 Å². The molecule has 0 saturated heterocycles. The highest BCUT2D eigenvalue weighted by molar-refractivity contribution is 5.06. The normalized spacial score (nSPS) is 19.0. The molecule has 0 aromatic carbocycles. The van der Waals surface area contributed by atoms with Gasteiger partial charge >= 0.3 is 0 Å². The molecule has 1 fully saturated rings. The molecule has 1 heterocycles. The van der Waals surface area contributed by atoms with Gasteiger partial charge < -0.3 is 9.67 Å². The Hall–Kier alpha value is -1.09. The van der Waals surface area contributed by atoms with Gasteiger partial charge in [0, 0.05) is 6.20 Å². The van der Waals surface area contributed by atoms with Gasteiger partial charge in [0.2, 0.25) is 0 Å². The second-order valence-electron chi connectivity index (χ2n) is 4.25. The van der Waals surface area contributed by atoms with Crippen LogP contribution in [-0.4, -0.2) is 15.3 Å². The fourth-order valence-corrected chi connectivity index (χ4v) is 1.86. The Kier molecular flexibility index (Phi) is 2.19. The maximum atomic E-state index is 9.97. The quantitative estimate of drug-likeness (QED) is 0.726. The smallest absolute Gasteiger partial charge is 0.127 e. The van der Waals surface area contributed by atoms with Gasteiger partial charge in [-0.2, -0.15) is 0 Å². The number of rotatable bonds is 2.